The lowest BCUT2D eigenvalue weighted by Crippen LogP contribution is -2.37. The number of pyridine rings is 1. The number of H-pyrrole nitrogens is 1. The molecule has 1 saturated heterocycles. The summed E-state index contributed by atoms with van der Waals surface area (Å²) in [6.07, 6.45) is 3.88. The maximum atomic E-state index is 12.1. The monoisotopic (exact) mass is 331 g/mol. The van der Waals surface area contributed by atoms with Crippen LogP contribution in [0.3, 0.4) is 0 Å². The topological polar surface area (TPSA) is 82.7 Å². The van der Waals surface area contributed by atoms with Crippen molar-refractivity contribution in [1.82, 2.24) is 25.8 Å². The van der Waals surface area contributed by atoms with E-state index in [-0.39, 0.29) is 30.7 Å². The smallest absolute Gasteiger partial charge is 0.252 e. The van der Waals surface area contributed by atoms with Gasteiger partial charge in [-0.15, -0.1) is 24.8 Å². The number of hydrogen-bond acceptors (Lipinski definition) is 4. The molecule has 2 aromatic rings. The van der Waals surface area contributed by atoms with Crippen LogP contribution < -0.4 is 10.6 Å². The zero-order valence-electron chi connectivity index (χ0n) is 11.7. The Bertz CT molecular complexity index is 610. The number of carbonyl (C=O) groups is 1. The number of aryl methyl sites for hydroxylation is 1. The lowest BCUT2D eigenvalue weighted by molar-refractivity contribution is 0.0950. The van der Waals surface area contributed by atoms with E-state index in [9.17, 15) is 4.79 Å². The molecular weight excluding hydrogens is 313 g/mol. The molecule has 3 N–H and O–H groups in total. The van der Waals surface area contributed by atoms with Crippen molar-refractivity contribution in [3.8, 4) is 0 Å². The molecule has 1 unspecified atom stereocenters. The van der Waals surface area contributed by atoms with E-state index in [1.54, 1.807) is 6.20 Å². The average Bonchev–Trinajstić information content (AvgIpc) is 3.06. The number of aromatic nitrogens is 3. The van der Waals surface area contributed by atoms with Crippen molar-refractivity contribution in [2.45, 2.75) is 25.8 Å². The van der Waals surface area contributed by atoms with Gasteiger partial charge in [-0.2, -0.15) is 5.10 Å². The molecule has 0 aliphatic carbocycles. The normalized spacial score (nSPS) is 17.1. The van der Waals surface area contributed by atoms with Gasteiger partial charge in [-0.1, -0.05) is 0 Å². The Hall–Kier alpha value is -1.37. The molecule has 3 rings (SSSR count). The fraction of sp³-hybridized carbons (Fsp3) is 0.462. The fourth-order valence-electron chi connectivity index (χ4n) is 2.39. The number of aromatic amines is 1. The molecule has 0 aromatic carbocycles. The second kappa shape index (κ2) is 7.59. The van der Waals surface area contributed by atoms with Crippen LogP contribution in [0.15, 0.2) is 12.3 Å². The van der Waals surface area contributed by atoms with E-state index in [1.807, 2.05) is 13.0 Å². The SMILES string of the molecule is Cc1[nH]nc2ncc(C(=O)NCC3CCCN3)cc12.Cl.Cl. The summed E-state index contributed by atoms with van der Waals surface area (Å²) in [4.78, 5) is 16.3. The molecule has 6 nitrogen and oxygen atoms in total. The molecule has 1 amide bonds. The molecule has 1 aliphatic heterocycles. The molecule has 21 heavy (non-hydrogen) atoms. The lowest BCUT2D eigenvalue weighted by Gasteiger charge is -2.11. The Balaban J connectivity index is 0.00000110. The van der Waals surface area contributed by atoms with Gasteiger partial charge in [0.2, 0.25) is 0 Å². The van der Waals surface area contributed by atoms with Crippen LogP contribution in [0, 0.1) is 6.92 Å². The summed E-state index contributed by atoms with van der Waals surface area (Å²) in [5.74, 6) is -0.0799. The predicted molar refractivity (Wildman–Crippen MR) is 86.5 cm³/mol. The average molecular weight is 332 g/mol. The lowest BCUT2D eigenvalue weighted by atomic mass is 10.2. The number of rotatable bonds is 3. The molecular formula is C13H19Cl2N5O. The van der Waals surface area contributed by atoms with Crippen molar-refractivity contribution in [3.63, 3.8) is 0 Å². The van der Waals surface area contributed by atoms with Crippen molar-refractivity contribution < 1.29 is 4.79 Å². The quantitative estimate of drug-likeness (QED) is 0.797. The second-order valence-corrected chi connectivity index (χ2v) is 4.95. The van der Waals surface area contributed by atoms with E-state index in [0.29, 0.717) is 23.8 Å². The molecule has 0 bridgehead atoms. The molecule has 8 heteroatoms. The van der Waals surface area contributed by atoms with Crippen molar-refractivity contribution in [1.29, 1.82) is 0 Å². The van der Waals surface area contributed by atoms with Crippen LogP contribution in [0.5, 0.6) is 0 Å². The van der Waals surface area contributed by atoms with Crippen LogP contribution in [-0.2, 0) is 0 Å². The van der Waals surface area contributed by atoms with Crippen LogP contribution in [0.1, 0.15) is 28.9 Å². The van der Waals surface area contributed by atoms with Gasteiger partial charge in [-0.3, -0.25) is 9.89 Å². The second-order valence-electron chi connectivity index (χ2n) is 4.95. The van der Waals surface area contributed by atoms with Gasteiger partial charge < -0.3 is 10.6 Å². The Morgan fingerprint density at radius 3 is 3.00 bits per heavy atom. The summed E-state index contributed by atoms with van der Waals surface area (Å²) in [6, 6.07) is 2.23. The minimum absolute atomic E-state index is 0. The largest absolute Gasteiger partial charge is 0.350 e. The van der Waals surface area contributed by atoms with Crippen LogP contribution >= 0.6 is 24.8 Å². The summed E-state index contributed by atoms with van der Waals surface area (Å²) in [7, 11) is 0. The Kier molecular flexibility index (Phi) is 6.39. The first-order valence-corrected chi connectivity index (χ1v) is 6.56. The third-order valence-corrected chi connectivity index (χ3v) is 3.53. The molecule has 1 atom stereocenters. The third-order valence-electron chi connectivity index (χ3n) is 3.53. The number of carbonyl (C=O) groups excluding carboxylic acids is 1. The van der Waals surface area contributed by atoms with E-state index in [2.05, 4.69) is 25.8 Å². The van der Waals surface area contributed by atoms with E-state index >= 15 is 0 Å². The number of hydrogen-bond donors (Lipinski definition) is 3. The van der Waals surface area contributed by atoms with Gasteiger partial charge in [-0.05, 0) is 32.4 Å². The molecule has 1 aliphatic rings. The predicted octanol–water partition coefficient (Wildman–Crippen LogP) is 1.59. The first-order chi connectivity index (χ1) is 9.24. The number of nitrogens with zero attached hydrogens (tertiary/aromatic N) is 2. The number of halogens is 2. The number of fused-ring (bicyclic) bond motifs is 1. The van der Waals surface area contributed by atoms with Crippen molar-refractivity contribution in [3.05, 3.63) is 23.5 Å². The van der Waals surface area contributed by atoms with Crippen molar-refractivity contribution in [2.24, 2.45) is 0 Å². The van der Waals surface area contributed by atoms with Gasteiger partial charge in [0, 0.05) is 29.9 Å². The number of amides is 1. The molecule has 1 fully saturated rings. The van der Waals surface area contributed by atoms with Crippen LogP contribution in [0.2, 0.25) is 0 Å². The zero-order valence-corrected chi connectivity index (χ0v) is 13.3. The maximum Gasteiger partial charge on any atom is 0.252 e. The summed E-state index contributed by atoms with van der Waals surface area (Å²) in [6.45, 7) is 3.63. The van der Waals surface area contributed by atoms with Crippen LogP contribution in [0.25, 0.3) is 11.0 Å². The van der Waals surface area contributed by atoms with Gasteiger partial charge in [-0.25, -0.2) is 4.98 Å². The van der Waals surface area contributed by atoms with Crippen LogP contribution in [0.4, 0.5) is 0 Å². The van der Waals surface area contributed by atoms with Gasteiger partial charge >= 0.3 is 0 Å². The highest BCUT2D eigenvalue weighted by Crippen LogP contribution is 2.14. The Morgan fingerprint density at radius 2 is 2.29 bits per heavy atom. The Labute approximate surface area is 135 Å². The number of nitrogens with one attached hydrogen (secondary N) is 3. The minimum atomic E-state index is -0.0799. The molecule has 3 heterocycles. The summed E-state index contributed by atoms with van der Waals surface area (Å²) < 4.78 is 0. The van der Waals surface area contributed by atoms with E-state index in [4.69, 9.17) is 0 Å². The highest BCUT2D eigenvalue weighted by Gasteiger charge is 2.16. The highest BCUT2D eigenvalue weighted by molar-refractivity contribution is 5.97. The minimum Gasteiger partial charge on any atom is -0.350 e. The molecule has 0 radical (unpaired) electrons. The summed E-state index contributed by atoms with van der Waals surface area (Å²) in [5, 5.41) is 14.1. The highest BCUT2D eigenvalue weighted by atomic mass is 35.5. The third kappa shape index (κ3) is 3.84. The van der Waals surface area contributed by atoms with Gasteiger partial charge in [0.25, 0.3) is 5.91 Å². The van der Waals surface area contributed by atoms with Gasteiger partial charge in [0.1, 0.15) is 0 Å². The molecule has 0 saturated carbocycles. The first kappa shape index (κ1) is 17.7. The van der Waals surface area contributed by atoms with Gasteiger partial charge in [0.15, 0.2) is 5.65 Å². The fourth-order valence-corrected chi connectivity index (χ4v) is 2.39. The molecule has 116 valence electrons. The van der Waals surface area contributed by atoms with Crippen molar-refractivity contribution in [2.75, 3.05) is 13.1 Å². The maximum absolute atomic E-state index is 12.1. The van der Waals surface area contributed by atoms with Crippen molar-refractivity contribution >= 4 is 41.8 Å². The van der Waals surface area contributed by atoms with Gasteiger partial charge in [0.05, 0.1) is 5.56 Å². The van der Waals surface area contributed by atoms with E-state index < -0.39 is 0 Å². The van der Waals surface area contributed by atoms with E-state index in [1.165, 1.54) is 6.42 Å². The zero-order chi connectivity index (χ0) is 13.2. The van der Waals surface area contributed by atoms with Crippen LogP contribution in [-0.4, -0.2) is 40.2 Å². The summed E-state index contributed by atoms with van der Waals surface area (Å²) in [5.41, 5.74) is 2.15. The summed E-state index contributed by atoms with van der Waals surface area (Å²) >= 11 is 0. The molecule has 2 aromatic heterocycles. The Morgan fingerprint density at radius 1 is 1.48 bits per heavy atom. The first-order valence-electron chi connectivity index (χ1n) is 6.56. The molecule has 0 spiro atoms. The standard InChI is InChI=1S/C13H17N5O.2ClH/c1-8-11-5-9(6-15-12(11)18-17-8)13(19)16-7-10-3-2-4-14-10;;/h5-6,10,14H,2-4,7H2,1H3,(H,16,19)(H,15,17,18);2*1H. The van der Waals surface area contributed by atoms with E-state index in [0.717, 1.165) is 24.0 Å².